The summed E-state index contributed by atoms with van der Waals surface area (Å²) in [7, 11) is 0. The molecule has 1 saturated heterocycles. The lowest BCUT2D eigenvalue weighted by molar-refractivity contribution is -0.147. The van der Waals surface area contributed by atoms with Gasteiger partial charge in [-0.2, -0.15) is 5.10 Å². The number of aromatic nitrogens is 2. The molecule has 0 bridgehead atoms. The van der Waals surface area contributed by atoms with E-state index in [4.69, 9.17) is 0 Å². The van der Waals surface area contributed by atoms with Gasteiger partial charge in [-0.3, -0.25) is 14.7 Å². The molecule has 23 heavy (non-hydrogen) atoms. The number of nitrogens with one attached hydrogen (secondary N) is 1. The van der Waals surface area contributed by atoms with Gasteiger partial charge >= 0.3 is 5.97 Å². The van der Waals surface area contributed by atoms with Gasteiger partial charge in [-0.25, -0.2) is 0 Å². The summed E-state index contributed by atoms with van der Waals surface area (Å²) in [5, 5.41) is 16.2. The molecule has 1 amide bonds. The Balaban J connectivity index is 1.77. The second kappa shape index (κ2) is 5.53. The van der Waals surface area contributed by atoms with Gasteiger partial charge < -0.3 is 10.0 Å². The second-order valence-electron chi connectivity index (χ2n) is 6.38. The number of aromatic amines is 1. The first-order valence-electron chi connectivity index (χ1n) is 7.54. The van der Waals surface area contributed by atoms with Crippen molar-refractivity contribution in [2.45, 2.75) is 20.3 Å². The highest BCUT2D eigenvalue weighted by atomic mass is 16.4. The number of nitrogens with zero attached hydrogens (tertiary/aromatic N) is 2. The van der Waals surface area contributed by atoms with Gasteiger partial charge in [-0.05, 0) is 26.3 Å². The van der Waals surface area contributed by atoms with Crippen LogP contribution in [0.4, 0.5) is 0 Å². The third-order valence-electron chi connectivity index (χ3n) is 4.43. The number of carbonyl (C=O) groups excluding carboxylic acids is 1. The highest BCUT2D eigenvalue weighted by Gasteiger charge is 2.42. The number of H-pyrrole nitrogens is 1. The van der Waals surface area contributed by atoms with Crippen LogP contribution in [0.25, 0.3) is 11.3 Å². The zero-order valence-corrected chi connectivity index (χ0v) is 13.2. The number of amides is 1. The number of hydrogen-bond donors (Lipinski definition) is 2. The zero-order chi connectivity index (χ0) is 16.6. The lowest BCUT2D eigenvalue weighted by Gasteiger charge is -2.19. The van der Waals surface area contributed by atoms with Crippen molar-refractivity contribution in [3.05, 3.63) is 41.6 Å². The largest absolute Gasteiger partial charge is 0.481 e. The molecule has 3 rings (SSSR count). The van der Waals surface area contributed by atoms with Gasteiger partial charge in [0.25, 0.3) is 5.91 Å². The van der Waals surface area contributed by atoms with Crippen LogP contribution in [0, 0.1) is 12.3 Å². The maximum atomic E-state index is 12.5. The van der Waals surface area contributed by atoms with E-state index < -0.39 is 11.4 Å². The molecule has 1 aliphatic heterocycles. The van der Waals surface area contributed by atoms with Crippen LogP contribution in [0.5, 0.6) is 0 Å². The van der Waals surface area contributed by atoms with Crippen LogP contribution in [-0.2, 0) is 4.79 Å². The number of aliphatic carboxylic acids is 1. The molecule has 0 radical (unpaired) electrons. The van der Waals surface area contributed by atoms with Crippen molar-refractivity contribution >= 4 is 11.9 Å². The number of carbonyl (C=O) groups is 2. The predicted octanol–water partition coefficient (Wildman–Crippen LogP) is 2.32. The summed E-state index contributed by atoms with van der Waals surface area (Å²) in [5.41, 5.74) is 2.31. The number of carboxylic acid groups (broad SMARTS) is 1. The van der Waals surface area contributed by atoms with E-state index in [9.17, 15) is 14.7 Å². The molecular formula is C17H19N3O3. The Labute approximate surface area is 134 Å². The van der Waals surface area contributed by atoms with Gasteiger partial charge in [0.1, 0.15) is 5.69 Å². The standard InChI is InChI=1S/C17H19N3O3/c1-11-3-5-12(6-4-11)13-9-14(19-18-13)15(21)20-8-7-17(2,10-20)16(22)23/h3-6,9H,7-8,10H2,1-2H3,(H,18,19)(H,22,23)/t17-/m1/s1. The molecule has 2 heterocycles. The normalized spacial score (nSPS) is 20.7. The molecule has 1 fully saturated rings. The number of benzene rings is 1. The highest BCUT2D eigenvalue weighted by molar-refractivity contribution is 5.94. The van der Waals surface area contributed by atoms with Gasteiger partial charge in [-0.15, -0.1) is 0 Å². The van der Waals surface area contributed by atoms with Crippen LogP contribution in [-0.4, -0.2) is 45.2 Å². The Morgan fingerprint density at radius 2 is 2.00 bits per heavy atom. The minimum absolute atomic E-state index is 0.208. The average Bonchev–Trinajstić information content (AvgIpc) is 3.15. The molecule has 0 saturated carbocycles. The molecule has 0 spiro atoms. The predicted molar refractivity (Wildman–Crippen MR) is 85.0 cm³/mol. The van der Waals surface area contributed by atoms with Crippen molar-refractivity contribution in [1.29, 1.82) is 0 Å². The van der Waals surface area contributed by atoms with Gasteiger partial charge in [-0.1, -0.05) is 29.8 Å². The first kappa shape index (κ1) is 15.3. The zero-order valence-electron chi connectivity index (χ0n) is 13.2. The smallest absolute Gasteiger partial charge is 0.311 e. The van der Waals surface area contributed by atoms with Crippen LogP contribution >= 0.6 is 0 Å². The number of hydrogen-bond acceptors (Lipinski definition) is 3. The molecule has 1 aromatic carbocycles. The third-order valence-corrected chi connectivity index (χ3v) is 4.43. The van der Waals surface area contributed by atoms with E-state index in [0.717, 1.165) is 11.1 Å². The van der Waals surface area contributed by atoms with Crippen LogP contribution in [0.2, 0.25) is 0 Å². The van der Waals surface area contributed by atoms with Crippen molar-refractivity contribution in [3.63, 3.8) is 0 Å². The maximum absolute atomic E-state index is 12.5. The number of rotatable bonds is 3. The molecule has 1 aliphatic rings. The Kier molecular flexibility index (Phi) is 3.67. The summed E-state index contributed by atoms with van der Waals surface area (Å²) >= 11 is 0. The van der Waals surface area contributed by atoms with Crippen molar-refractivity contribution in [3.8, 4) is 11.3 Å². The fraction of sp³-hybridized carbons (Fsp3) is 0.353. The van der Waals surface area contributed by atoms with E-state index in [0.29, 0.717) is 24.4 Å². The lowest BCUT2D eigenvalue weighted by atomic mass is 9.90. The van der Waals surface area contributed by atoms with Crippen molar-refractivity contribution in [1.82, 2.24) is 15.1 Å². The van der Waals surface area contributed by atoms with Crippen molar-refractivity contribution in [2.75, 3.05) is 13.1 Å². The van der Waals surface area contributed by atoms with Crippen LogP contribution < -0.4 is 0 Å². The lowest BCUT2D eigenvalue weighted by Crippen LogP contribution is -2.35. The second-order valence-corrected chi connectivity index (χ2v) is 6.38. The van der Waals surface area contributed by atoms with E-state index in [1.807, 2.05) is 31.2 Å². The molecule has 2 aromatic rings. The maximum Gasteiger partial charge on any atom is 0.311 e. The Morgan fingerprint density at radius 3 is 2.61 bits per heavy atom. The number of likely N-dealkylation sites (tertiary alicyclic amines) is 1. The summed E-state index contributed by atoms with van der Waals surface area (Å²) in [6.07, 6.45) is 0.465. The fourth-order valence-electron chi connectivity index (χ4n) is 2.78. The van der Waals surface area contributed by atoms with Crippen LogP contribution in [0.15, 0.2) is 30.3 Å². The van der Waals surface area contributed by atoms with E-state index in [1.54, 1.807) is 17.9 Å². The van der Waals surface area contributed by atoms with Crippen molar-refractivity contribution < 1.29 is 14.7 Å². The molecule has 2 N–H and O–H groups in total. The Hall–Kier alpha value is -2.63. The Morgan fingerprint density at radius 1 is 1.30 bits per heavy atom. The fourth-order valence-corrected chi connectivity index (χ4v) is 2.78. The monoisotopic (exact) mass is 313 g/mol. The highest BCUT2D eigenvalue weighted by Crippen LogP contribution is 2.31. The van der Waals surface area contributed by atoms with E-state index in [1.165, 1.54) is 0 Å². The molecule has 1 aromatic heterocycles. The summed E-state index contributed by atoms with van der Waals surface area (Å²) in [6, 6.07) is 9.60. The third kappa shape index (κ3) is 2.84. The molecule has 6 nitrogen and oxygen atoms in total. The first-order valence-corrected chi connectivity index (χ1v) is 7.54. The molecular weight excluding hydrogens is 294 g/mol. The van der Waals surface area contributed by atoms with Gasteiger partial charge in [0.05, 0.1) is 11.1 Å². The van der Waals surface area contributed by atoms with E-state index >= 15 is 0 Å². The first-order chi connectivity index (χ1) is 10.9. The SMILES string of the molecule is Cc1ccc(-c2cc(C(=O)N3CC[C@@](C)(C(=O)O)C3)[nH]n2)cc1. The molecule has 0 unspecified atom stereocenters. The van der Waals surface area contributed by atoms with Crippen molar-refractivity contribution in [2.24, 2.45) is 5.41 Å². The van der Waals surface area contributed by atoms with Crippen LogP contribution in [0.1, 0.15) is 29.4 Å². The summed E-state index contributed by atoms with van der Waals surface area (Å²) in [4.78, 5) is 25.4. The number of carboxylic acids is 1. The summed E-state index contributed by atoms with van der Waals surface area (Å²) < 4.78 is 0. The van der Waals surface area contributed by atoms with Gasteiger partial charge in [0, 0.05) is 18.7 Å². The average molecular weight is 313 g/mol. The van der Waals surface area contributed by atoms with Gasteiger partial charge in [0.15, 0.2) is 0 Å². The van der Waals surface area contributed by atoms with Crippen LogP contribution in [0.3, 0.4) is 0 Å². The molecule has 120 valence electrons. The summed E-state index contributed by atoms with van der Waals surface area (Å²) in [6.45, 7) is 4.35. The molecule has 6 heteroatoms. The molecule has 0 aliphatic carbocycles. The van der Waals surface area contributed by atoms with Gasteiger partial charge in [0.2, 0.25) is 0 Å². The minimum atomic E-state index is -0.866. The van der Waals surface area contributed by atoms with E-state index in [2.05, 4.69) is 10.2 Å². The molecule has 1 atom stereocenters. The Bertz CT molecular complexity index is 751. The summed E-state index contributed by atoms with van der Waals surface area (Å²) in [5.74, 6) is -1.07. The van der Waals surface area contributed by atoms with E-state index in [-0.39, 0.29) is 12.5 Å². The number of aryl methyl sites for hydroxylation is 1. The minimum Gasteiger partial charge on any atom is -0.481 e. The quantitative estimate of drug-likeness (QED) is 0.910. The topological polar surface area (TPSA) is 86.3 Å².